The summed E-state index contributed by atoms with van der Waals surface area (Å²) in [7, 11) is 0. The van der Waals surface area contributed by atoms with Crippen molar-refractivity contribution in [2.75, 3.05) is 19.8 Å². The molecule has 0 amide bonds. The number of ether oxygens (including phenoxy) is 3. The minimum absolute atomic E-state index is 0.0362. The second-order valence-corrected chi connectivity index (χ2v) is 9.57. The van der Waals surface area contributed by atoms with Crippen LogP contribution in [0.2, 0.25) is 0 Å². The van der Waals surface area contributed by atoms with Crippen molar-refractivity contribution in [2.45, 2.75) is 108 Å². The summed E-state index contributed by atoms with van der Waals surface area (Å²) in [5, 5.41) is 20.2. The van der Waals surface area contributed by atoms with Crippen molar-refractivity contribution in [1.29, 1.82) is 0 Å². The number of nitrogens with two attached hydrogens (primary N) is 1. The largest absolute Gasteiger partial charge is 0.391 e. The number of hydrogen-bond acceptors (Lipinski definition) is 6. The molecule has 4 aliphatic carbocycles. The molecule has 0 aliphatic heterocycles. The summed E-state index contributed by atoms with van der Waals surface area (Å²) in [6.07, 6.45) is 6.28. The van der Waals surface area contributed by atoms with Crippen LogP contribution in [0, 0.1) is 11.8 Å². The lowest BCUT2D eigenvalue weighted by Crippen LogP contribution is -2.69. The highest BCUT2D eigenvalue weighted by Crippen LogP contribution is 2.61. The van der Waals surface area contributed by atoms with Gasteiger partial charge in [-0.25, -0.2) is 0 Å². The van der Waals surface area contributed by atoms with E-state index in [9.17, 15) is 10.2 Å². The third-order valence-corrected chi connectivity index (χ3v) is 7.24. The molecule has 4 N–H and O–H groups in total. The first-order valence-electron chi connectivity index (χ1n) is 11.4. The summed E-state index contributed by atoms with van der Waals surface area (Å²) >= 11 is 0. The average Bonchev–Trinajstić information content (AvgIpc) is 2.69. The molecule has 28 heavy (non-hydrogen) atoms. The molecule has 4 saturated carbocycles. The summed E-state index contributed by atoms with van der Waals surface area (Å²) in [5.74, 6) is 0.946. The van der Waals surface area contributed by atoms with E-state index in [1.165, 1.54) is 0 Å². The first-order valence-corrected chi connectivity index (χ1v) is 11.4. The molecule has 0 aromatic rings. The van der Waals surface area contributed by atoms with E-state index in [0.717, 1.165) is 38.5 Å². The Morgan fingerprint density at radius 2 is 1.64 bits per heavy atom. The molecule has 4 bridgehead atoms. The Bertz CT molecular complexity index is 505. The Kier molecular flexibility index (Phi) is 7.43. The second-order valence-electron chi connectivity index (χ2n) is 9.57. The van der Waals surface area contributed by atoms with E-state index in [1.54, 1.807) is 0 Å². The maximum Gasteiger partial charge on any atom is 0.0977 e. The van der Waals surface area contributed by atoms with E-state index in [-0.39, 0.29) is 17.7 Å². The predicted molar refractivity (Wildman–Crippen MR) is 108 cm³/mol. The highest BCUT2D eigenvalue weighted by molar-refractivity contribution is 5.15. The minimum Gasteiger partial charge on any atom is -0.391 e. The molecule has 8 unspecified atom stereocenters. The highest BCUT2D eigenvalue weighted by atomic mass is 16.6. The van der Waals surface area contributed by atoms with Crippen LogP contribution < -0.4 is 5.73 Å². The molecule has 0 saturated heterocycles. The fourth-order valence-electron chi connectivity index (χ4n) is 5.73. The van der Waals surface area contributed by atoms with Crippen LogP contribution in [0.15, 0.2) is 0 Å². The quantitative estimate of drug-likeness (QED) is 0.466. The monoisotopic (exact) mass is 399 g/mol. The third-order valence-electron chi connectivity index (χ3n) is 7.24. The summed E-state index contributed by atoms with van der Waals surface area (Å²) in [4.78, 5) is 0. The van der Waals surface area contributed by atoms with Crippen LogP contribution in [0.4, 0.5) is 0 Å². The van der Waals surface area contributed by atoms with Crippen molar-refractivity contribution in [3.8, 4) is 0 Å². The van der Waals surface area contributed by atoms with Gasteiger partial charge in [-0.05, 0) is 56.8 Å². The normalized spacial score (nSPS) is 39.9. The van der Waals surface area contributed by atoms with Crippen molar-refractivity contribution in [3.05, 3.63) is 0 Å². The summed E-state index contributed by atoms with van der Waals surface area (Å²) in [5.41, 5.74) is 5.53. The zero-order chi connectivity index (χ0) is 20.4. The minimum atomic E-state index is -0.458. The van der Waals surface area contributed by atoms with E-state index in [2.05, 4.69) is 6.92 Å². The van der Waals surface area contributed by atoms with Gasteiger partial charge in [0.25, 0.3) is 0 Å². The van der Waals surface area contributed by atoms with Crippen LogP contribution in [0.3, 0.4) is 0 Å². The highest BCUT2D eigenvalue weighted by Gasteiger charge is 2.64. The standard InChI is InChI=1S/C22H41NO5/c1-4-17(23)11-27-21-8-15-7-16(10-21)20(26-12-18(24)5-2)22(9-15,14-21)28-13-19(25)6-3/h15-20,24-25H,4-14,23H2,1-3H3. The van der Waals surface area contributed by atoms with E-state index >= 15 is 0 Å². The molecule has 4 rings (SSSR count). The molecule has 0 heterocycles. The molecule has 6 heteroatoms. The van der Waals surface area contributed by atoms with Crippen LogP contribution in [0.25, 0.3) is 0 Å². The predicted octanol–water partition coefficient (Wildman–Crippen LogP) is 2.39. The first-order chi connectivity index (χ1) is 13.3. The van der Waals surface area contributed by atoms with Crippen LogP contribution >= 0.6 is 0 Å². The van der Waals surface area contributed by atoms with Crippen molar-refractivity contribution in [2.24, 2.45) is 17.6 Å². The lowest BCUT2D eigenvalue weighted by atomic mass is 9.50. The van der Waals surface area contributed by atoms with Crippen molar-refractivity contribution < 1.29 is 24.4 Å². The fraction of sp³-hybridized carbons (Fsp3) is 1.00. The van der Waals surface area contributed by atoms with Gasteiger partial charge in [-0.15, -0.1) is 0 Å². The van der Waals surface area contributed by atoms with E-state index in [0.29, 0.717) is 44.5 Å². The van der Waals surface area contributed by atoms with Crippen molar-refractivity contribution in [3.63, 3.8) is 0 Å². The molecule has 4 aliphatic rings. The molecule has 8 atom stereocenters. The maximum absolute atomic E-state index is 10.1. The molecule has 4 fully saturated rings. The number of aliphatic hydroxyl groups excluding tert-OH is 2. The summed E-state index contributed by atoms with van der Waals surface area (Å²) < 4.78 is 19.2. The summed E-state index contributed by atoms with van der Waals surface area (Å²) in [6.45, 7) is 7.29. The lowest BCUT2D eigenvalue weighted by molar-refractivity contribution is -0.297. The van der Waals surface area contributed by atoms with Crippen molar-refractivity contribution >= 4 is 0 Å². The second kappa shape index (κ2) is 9.27. The Morgan fingerprint density at radius 1 is 0.929 bits per heavy atom. The van der Waals surface area contributed by atoms with Gasteiger partial charge in [0.05, 0.1) is 49.3 Å². The van der Waals surface area contributed by atoms with E-state index in [4.69, 9.17) is 19.9 Å². The number of aliphatic hydroxyl groups is 2. The molecule has 0 aromatic heterocycles. The smallest absolute Gasteiger partial charge is 0.0977 e. The van der Waals surface area contributed by atoms with Crippen LogP contribution in [0.1, 0.15) is 72.1 Å². The van der Waals surface area contributed by atoms with Gasteiger partial charge in [-0.3, -0.25) is 0 Å². The Morgan fingerprint density at radius 3 is 2.32 bits per heavy atom. The zero-order valence-corrected chi connectivity index (χ0v) is 17.9. The zero-order valence-electron chi connectivity index (χ0n) is 17.9. The number of hydrogen-bond donors (Lipinski definition) is 3. The van der Waals surface area contributed by atoms with Gasteiger partial charge in [0, 0.05) is 12.5 Å². The van der Waals surface area contributed by atoms with Crippen LogP contribution in [-0.2, 0) is 14.2 Å². The molecular weight excluding hydrogens is 358 g/mol. The molecule has 0 aromatic carbocycles. The Labute approximate surface area is 170 Å². The maximum atomic E-state index is 10.1. The van der Waals surface area contributed by atoms with Gasteiger partial charge in [0.1, 0.15) is 0 Å². The Balaban J connectivity index is 1.77. The molecule has 164 valence electrons. The van der Waals surface area contributed by atoms with Crippen LogP contribution in [0.5, 0.6) is 0 Å². The third kappa shape index (κ3) is 4.73. The molecule has 6 nitrogen and oxygen atoms in total. The molecule has 0 spiro atoms. The van der Waals surface area contributed by atoms with Gasteiger partial charge < -0.3 is 30.2 Å². The molecular formula is C22H41NO5. The van der Waals surface area contributed by atoms with E-state index < -0.39 is 17.8 Å². The van der Waals surface area contributed by atoms with Gasteiger partial charge in [0.2, 0.25) is 0 Å². The molecule has 0 radical (unpaired) electrons. The van der Waals surface area contributed by atoms with Crippen LogP contribution in [-0.4, -0.2) is 65.6 Å². The fourth-order valence-corrected chi connectivity index (χ4v) is 5.73. The van der Waals surface area contributed by atoms with Gasteiger partial charge in [-0.2, -0.15) is 0 Å². The van der Waals surface area contributed by atoms with Gasteiger partial charge in [0.15, 0.2) is 0 Å². The average molecular weight is 400 g/mol. The van der Waals surface area contributed by atoms with Gasteiger partial charge >= 0.3 is 0 Å². The SMILES string of the molecule is CCC(N)COC12CC3CC(C1)C(OCC(O)CC)C(OCC(O)CC)(C3)C2. The Hall–Kier alpha value is -0.240. The lowest BCUT2D eigenvalue weighted by Gasteiger charge is -2.64. The summed E-state index contributed by atoms with van der Waals surface area (Å²) in [6, 6.07) is 0.0681. The van der Waals surface area contributed by atoms with Gasteiger partial charge in [-0.1, -0.05) is 20.8 Å². The first kappa shape index (κ1) is 22.4. The number of rotatable bonds is 12. The van der Waals surface area contributed by atoms with Crippen molar-refractivity contribution in [1.82, 2.24) is 0 Å². The van der Waals surface area contributed by atoms with E-state index in [1.807, 2.05) is 13.8 Å². The topological polar surface area (TPSA) is 94.2 Å².